The zero-order valence-electron chi connectivity index (χ0n) is 8.14. The first-order chi connectivity index (χ1) is 6.83. The maximum absolute atomic E-state index is 9.73. The molecule has 0 amide bonds. The van der Waals surface area contributed by atoms with Crippen LogP contribution in [0, 0.1) is 0 Å². The minimum Gasteiger partial charge on any atom is -0.388 e. The Balaban J connectivity index is 2.17. The Kier molecular flexibility index (Phi) is 2.82. The summed E-state index contributed by atoms with van der Waals surface area (Å²) in [4.78, 5) is 0. The first kappa shape index (κ1) is 9.65. The van der Waals surface area contributed by atoms with E-state index in [0.29, 0.717) is 6.42 Å². The fraction of sp³-hybridized carbons (Fsp3) is 0.455. The quantitative estimate of drug-likeness (QED) is 0.745. The van der Waals surface area contributed by atoms with E-state index in [1.165, 1.54) is 0 Å². The van der Waals surface area contributed by atoms with Gasteiger partial charge in [0.15, 0.2) is 0 Å². The molecule has 0 saturated heterocycles. The smallest absolute Gasteiger partial charge is 0.147 e. The zero-order valence-corrected chi connectivity index (χ0v) is 8.14. The molecule has 0 aliphatic heterocycles. The van der Waals surface area contributed by atoms with Gasteiger partial charge in [0.1, 0.15) is 6.79 Å². The molecule has 2 rings (SSSR count). The van der Waals surface area contributed by atoms with Crippen molar-refractivity contribution < 1.29 is 14.6 Å². The molecule has 0 fully saturated rings. The lowest BCUT2D eigenvalue weighted by Gasteiger charge is -2.11. The van der Waals surface area contributed by atoms with Crippen molar-refractivity contribution >= 4 is 0 Å². The fourth-order valence-corrected chi connectivity index (χ4v) is 1.87. The van der Waals surface area contributed by atoms with Crippen LogP contribution in [0.25, 0.3) is 0 Å². The van der Waals surface area contributed by atoms with Crippen LogP contribution in [0.1, 0.15) is 29.8 Å². The van der Waals surface area contributed by atoms with Gasteiger partial charge in [0.05, 0.1) is 12.2 Å². The maximum Gasteiger partial charge on any atom is 0.147 e. The Morgan fingerprint density at radius 2 is 2.07 bits per heavy atom. The average Bonchev–Trinajstić information content (AvgIpc) is 2.54. The van der Waals surface area contributed by atoms with Crippen molar-refractivity contribution in [2.45, 2.75) is 18.6 Å². The fourth-order valence-electron chi connectivity index (χ4n) is 1.87. The zero-order chi connectivity index (χ0) is 9.97. The summed E-state index contributed by atoms with van der Waals surface area (Å²) in [6, 6.07) is 7.82. The van der Waals surface area contributed by atoms with E-state index < -0.39 is 6.10 Å². The highest BCUT2D eigenvalue weighted by Gasteiger charge is 2.29. The van der Waals surface area contributed by atoms with Crippen LogP contribution in [0.5, 0.6) is 0 Å². The molecular weight excluding hydrogens is 180 g/mol. The SMILES string of the molecule is COCOC1CC(O)c2ccccc21. The summed E-state index contributed by atoms with van der Waals surface area (Å²) in [6.45, 7) is 0.270. The van der Waals surface area contributed by atoms with Gasteiger partial charge in [0.2, 0.25) is 0 Å². The topological polar surface area (TPSA) is 38.7 Å². The number of hydrogen-bond donors (Lipinski definition) is 1. The number of aliphatic hydroxyl groups excluding tert-OH is 1. The van der Waals surface area contributed by atoms with Crippen LogP contribution >= 0.6 is 0 Å². The Hall–Kier alpha value is -0.900. The van der Waals surface area contributed by atoms with Crippen LogP contribution in [-0.4, -0.2) is 19.0 Å². The van der Waals surface area contributed by atoms with Gasteiger partial charge in [0, 0.05) is 13.5 Å². The van der Waals surface area contributed by atoms with Gasteiger partial charge in [-0.15, -0.1) is 0 Å². The van der Waals surface area contributed by atoms with Gasteiger partial charge in [-0.2, -0.15) is 0 Å². The van der Waals surface area contributed by atoms with Gasteiger partial charge in [-0.05, 0) is 11.1 Å². The standard InChI is InChI=1S/C11H14O3/c1-13-7-14-11-6-10(12)8-4-2-3-5-9(8)11/h2-5,10-12H,6-7H2,1H3. The normalized spacial score (nSPS) is 25.0. The summed E-state index contributed by atoms with van der Waals surface area (Å²) in [5.41, 5.74) is 2.06. The largest absolute Gasteiger partial charge is 0.388 e. The van der Waals surface area contributed by atoms with Crippen molar-refractivity contribution in [2.24, 2.45) is 0 Å². The van der Waals surface area contributed by atoms with E-state index in [0.717, 1.165) is 11.1 Å². The molecular formula is C11H14O3. The molecule has 2 unspecified atom stereocenters. The highest BCUT2D eigenvalue weighted by Crippen LogP contribution is 2.40. The molecule has 3 heteroatoms. The highest BCUT2D eigenvalue weighted by molar-refractivity contribution is 5.35. The van der Waals surface area contributed by atoms with Gasteiger partial charge >= 0.3 is 0 Å². The first-order valence-corrected chi connectivity index (χ1v) is 4.70. The van der Waals surface area contributed by atoms with E-state index >= 15 is 0 Å². The van der Waals surface area contributed by atoms with Gasteiger partial charge in [-0.1, -0.05) is 24.3 Å². The van der Waals surface area contributed by atoms with Crippen LogP contribution in [0.3, 0.4) is 0 Å². The molecule has 14 heavy (non-hydrogen) atoms. The van der Waals surface area contributed by atoms with Crippen molar-refractivity contribution in [1.82, 2.24) is 0 Å². The number of ether oxygens (including phenoxy) is 2. The van der Waals surface area contributed by atoms with Crippen molar-refractivity contribution in [1.29, 1.82) is 0 Å². The number of benzene rings is 1. The van der Waals surface area contributed by atoms with Gasteiger partial charge < -0.3 is 14.6 Å². The van der Waals surface area contributed by atoms with Crippen molar-refractivity contribution in [3.8, 4) is 0 Å². The molecule has 1 aromatic rings. The summed E-state index contributed by atoms with van der Waals surface area (Å²) in [7, 11) is 1.59. The van der Waals surface area contributed by atoms with E-state index in [4.69, 9.17) is 9.47 Å². The second-order valence-electron chi connectivity index (χ2n) is 3.44. The predicted octanol–water partition coefficient (Wildman–Crippen LogP) is 1.79. The van der Waals surface area contributed by atoms with Crippen molar-refractivity contribution in [2.75, 3.05) is 13.9 Å². The minimum absolute atomic E-state index is 0.0267. The number of rotatable bonds is 3. The number of methoxy groups -OCH3 is 1. The number of fused-ring (bicyclic) bond motifs is 1. The Morgan fingerprint density at radius 3 is 2.79 bits per heavy atom. The van der Waals surface area contributed by atoms with Gasteiger partial charge in [0.25, 0.3) is 0 Å². The van der Waals surface area contributed by atoms with E-state index in [-0.39, 0.29) is 12.9 Å². The second-order valence-corrected chi connectivity index (χ2v) is 3.44. The summed E-state index contributed by atoms with van der Waals surface area (Å²) in [5.74, 6) is 0. The average molecular weight is 194 g/mol. The van der Waals surface area contributed by atoms with Crippen molar-refractivity contribution in [3.05, 3.63) is 35.4 Å². The van der Waals surface area contributed by atoms with E-state index in [9.17, 15) is 5.11 Å². The molecule has 0 saturated carbocycles. The van der Waals surface area contributed by atoms with Crippen molar-refractivity contribution in [3.63, 3.8) is 0 Å². The Labute approximate surface area is 83.3 Å². The molecule has 0 spiro atoms. The molecule has 2 atom stereocenters. The van der Waals surface area contributed by atoms with Crippen LogP contribution < -0.4 is 0 Å². The molecule has 0 radical (unpaired) electrons. The molecule has 0 heterocycles. The first-order valence-electron chi connectivity index (χ1n) is 4.70. The highest BCUT2D eigenvalue weighted by atomic mass is 16.7. The molecule has 1 aromatic carbocycles. The second kappa shape index (κ2) is 4.09. The molecule has 0 bridgehead atoms. The van der Waals surface area contributed by atoms with Crippen LogP contribution in [0.15, 0.2) is 24.3 Å². The third kappa shape index (κ3) is 1.66. The van der Waals surface area contributed by atoms with Gasteiger partial charge in [-0.25, -0.2) is 0 Å². The molecule has 1 N–H and O–H groups in total. The van der Waals surface area contributed by atoms with Crippen LogP contribution in [0.4, 0.5) is 0 Å². The lowest BCUT2D eigenvalue weighted by molar-refractivity contribution is -0.0793. The number of aliphatic hydroxyl groups is 1. The Morgan fingerprint density at radius 1 is 1.36 bits per heavy atom. The third-order valence-corrected chi connectivity index (χ3v) is 2.53. The molecule has 76 valence electrons. The summed E-state index contributed by atoms with van der Waals surface area (Å²) in [6.07, 6.45) is 0.206. The monoisotopic (exact) mass is 194 g/mol. The molecule has 3 nitrogen and oxygen atoms in total. The molecule has 0 aromatic heterocycles. The Bertz CT molecular complexity index is 311. The lowest BCUT2D eigenvalue weighted by atomic mass is 10.1. The van der Waals surface area contributed by atoms with E-state index in [1.54, 1.807) is 7.11 Å². The lowest BCUT2D eigenvalue weighted by Crippen LogP contribution is -2.03. The maximum atomic E-state index is 9.73. The predicted molar refractivity (Wildman–Crippen MR) is 51.7 cm³/mol. The van der Waals surface area contributed by atoms with Crippen LogP contribution in [-0.2, 0) is 9.47 Å². The van der Waals surface area contributed by atoms with E-state index in [2.05, 4.69) is 0 Å². The van der Waals surface area contributed by atoms with Crippen LogP contribution in [0.2, 0.25) is 0 Å². The minimum atomic E-state index is -0.395. The molecule has 1 aliphatic rings. The molecule has 1 aliphatic carbocycles. The van der Waals surface area contributed by atoms with E-state index in [1.807, 2.05) is 24.3 Å². The van der Waals surface area contributed by atoms with Gasteiger partial charge in [-0.3, -0.25) is 0 Å². The summed E-state index contributed by atoms with van der Waals surface area (Å²) < 4.78 is 10.3. The number of hydrogen-bond acceptors (Lipinski definition) is 3. The summed E-state index contributed by atoms with van der Waals surface area (Å²) in [5, 5.41) is 9.73. The summed E-state index contributed by atoms with van der Waals surface area (Å²) >= 11 is 0. The third-order valence-electron chi connectivity index (χ3n) is 2.53.